The van der Waals surface area contributed by atoms with E-state index in [1.54, 1.807) is 13.0 Å². The van der Waals surface area contributed by atoms with Gasteiger partial charge in [-0.3, -0.25) is 4.79 Å². The standard InChI is InChI=1S/C23H25N3O3/c1-2-29-23(28)21-19(22(27)18-10-6-7-11-20(18)24-21)16-25-12-14-26(15-13-25)17-8-4-3-5-9-17/h3-11H,2,12-16H2,1H3,(H,24,27)/p+1. The Kier molecular flexibility index (Phi) is 5.62. The molecular formula is C23H26N3O3+. The third-order valence-corrected chi connectivity index (χ3v) is 5.51. The number of aromatic amines is 1. The van der Waals surface area contributed by atoms with Crippen LogP contribution < -0.4 is 15.2 Å². The van der Waals surface area contributed by atoms with Gasteiger partial charge < -0.3 is 19.5 Å². The lowest BCUT2D eigenvalue weighted by Gasteiger charge is -2.33. The summed E-state index contributed by atoms with van der Waals surface area (Å²) in [5, 5.41) is 0.609. The van der Waals surface area contributed by atoms with Gasteiger partial charge in [0.2, 0.25) is 0 Å². The van der Waals surface area contributed by atoms with Crippen LogP contribution in [0, 0.1) is 0 Å². The van der Waals surface area contributed by atoms with Crippen molar-refractivity contribution in [1.29, 1.82) is 0 Å². The fourth-order valence-corrected chi connectivity index (χ4v) is 3.97. The molecule has 0 atom stereocenters. The molecule has 2 heterocycles. The van der Waals surface area contributed by atoms with Crippen molar-refractivity contribution in [3.63, 3.8) is 0 Å². The van der Waals surface area contributed by atoms with E-state index in [2.05, 4.69) is 34.1 Å². The van der Waals surface area contributed by atoms with Crippen LogP contribution in [-0.2, 0) is 11.3 Å². The van der Waals surface area contributed by atoms with E-state index in [-0.39, 0.29) is 17.7 Å². The van der Waals surface area contributed by atoms with Crippen LogP contribution in [0.25, 0.3) is 10.9 Å². The number of hydrogen-bond acceptors (Lipinski definition) is 4. The molecule has 0 amide bonds. The van der Waals surface area contributed by atoms with Crippen molar-refractivity contribution >= 4 is 22.6 Å². The summed E-state index contributed by atoms with van der Waals surface area (Å²) in [6.07, 6.45) is 0. The van der Waals surface area contributed by atoms with Crippen molar-refractivity contribution in [2.45, 2.75) is 13.5 Å². The number of piperazine rings is 1. The van der Waals surface area contributed by atoms with Gasteiger partial charge in [0.1, 0.15) is 12.2 Å². The Balaban J connectivity index is 1.59. The second-order valence-electron chi connectivity index (χ2n) is 7.32. The number of carbonyl (C=O) groups is 1. The van der Waals surface area contributed by atoms with Crippen LogP contribution in [0.1, 0.15) is 23.0 Å². The summed E-state index contributed by atoms with van der Waals surface area (Å²) in [5.41, 5.74) is 2.61. The molecule has 6 nitrogen and oxygen atoms in total. The van der Waals surface area contributed by atoms with Gasteiger partial charge in [-0.05, 0) is 31.2 Å². The Hall–Kier alpha value is -3.12. The van der Waals surface area contributed by atoms with E-state index in [9.17, 15) is 9.59 Å². The third kappa shape index (κ3) is 4.03. The number of para-hydroxylation sites is 2. The monoisotopic (exact) mass is 392 g/mol. The highest BCUT2D eigenvalue weighted by atomic mass is 16.5. The number of quaternary nitrogens is 1. The smallest absolute Gasteiger partial charge is 0.355 e. The maximum atomic E-state index is 13.2. The molecule has 29 heavy (non-hydrogen) atoms. The lowest BCUT2D eigenvalue weighted by molar-refractivity contribution is -0.914. The Morgan fingerprint density at radius 3 is 2.48 bits per heavy atom. The Bertz CT molecular complexity index is 1050. The van der Waals surface area contributed by atoms with E-state index in [0.29, 0.717) is 23.0 Å². The lowest BCUT2D eigenvalue weighted by Crippen LogP contribution is -3.13. The number of pyridine rings is 1. The van der Waals surface area contributed by atoms with Crippen LogP contribution in [0.15, 0.2) is 59.4 Å². The van der Waals surface area contributed by atoms with Crippen molar-refractivity contribution in [3.05, 3.63) is 76.1 Å². The van der Waals surface area contributed by atoms with Crippen LogP contribution in [0.5, 0.6) is 0 Å². The van der Waals surface area contributed by atoms with Gasteiger partial charge in [0.05, 0.1) is 38.3 Å². The van der Waals surface area contributed by atoms with Gasteiger partial charge in [-0.15, -0.1) is 0 Å². The van der Waals surface area contributed by atoms with E-state index in [1.165, 1.54) is 10.6 Å². The molecule has 0 aliphatic carbocycles. The average Bonchev–Trinajstić information content (AvgIpc) is 2.77. The van der Waals surface area contributed by atoms with Crippen LogP contribution in [0.4, 0.5) is 5.69 Å². The molecule has 3 aromatic rings. The molecule has 1 aliphatic heterocycles. The predicted molar refractivity (Wildman–Crippen MR) is 114 cm³/mol. The quantitative estimate of drug-likeness (QED) is 0.648. The fraction of sp³-hybridized carbons (Fsp3) is 0.304. The largest absolute Gasteiger partial charge is 0.461 e. The zero-order valence-corrected chi connectivity index (χ0v) is 16.6. The van der Waals surface area contributed by atoms with E-state index in [4.69, 9.17) is 4.74 Å². The number of rotatable bonds is 5. The Labute approximate surface area is 169 Å². The van der Waals surface area contributed by atoms with Gasteiger partial charge in [-0.2, -0.15) is 0 Å². The number of esters is 1. The SMILES string of the molecule is CCOC(=O)c1[nH]c2ccccc2c(=O)c1C[NH+]1CCN(c2ccccc2)CC1. The van der Waals surface area contributed by atoms with Gasteiger partial charge in [-0.1, -0.05) is 30.3 Å². The van der Waals surface area contributed by atoms with Crippen molar-refractivity contribution in [1.82, 2.24) is 4.98 Å². The molecular weight excluding hydrogens is 366 g/mol. The molecule has 1 aromatic heterocycles. The highest BCUT2D eigenvalue weighted by molar-refractivity contribution is 5.92. The summed E-state index contributed by atoms with van der Waals surface area (Å²) in [5.74, 6) is -0.465. The number of H-pyrrole nitrogens is 1. The van der Waals surface area contributed by atoms with Crippen LogP contribution in [0.2, 0.25) is 0 Å². The first kappa shape index (κ1) is 19.2. The first-order valence-corrected chi connectivity index (χ1v) is 10.1. The van der Waals surface area contributed by atoms with Crippen LogP contribution in [0.3, 0.4) is 0 Å². The maximum absolute atomic E-state index is 13.2. The molecule has 0 saturated carbocycles. The zero-order valence-electron chi connectivity index (χ0n) is 16.6. The van der Waals surface area contributed by atoms with Crippen molar-refractivity contribution in [2.75, 3.05) is 37.7 Å². The van der Waals surface area contributed by atoms with E-state index in [1.807, 2.05) is 24.3 Å². The zero-order chi connectivity index (χ0) is 20.2. The lowest BCUT2D eigenvalue weighted by atomic mass is 10.1. The van der Waals surface area contributed by atoms with Crippen LogP contribution in [-0.4, -0.2) is 43.7 Å². The molecule has 0 radical (unpaired) electrons. The molecule has 2 N–H and O–H groups in total. The van der Waals surface area contributed by atoms with Gasteiger partial charge >= 0.3 is 5.97 Å². The average molecular weight is 392 g/mol. The first-order valence-electron chi connectivity index (χ1n) is 10.1. The topological polar surface area (TPSA) is 66.8 Å². The predicted octanol–water partition coefficient (Wildman–Crippen LogP) is 1.61. The molecule has 0 bridgehead atoms. The number of benzene rings is 2. The van der Waals surface area contributed by atoms with Crippen molar-refractivity contribution in [3.8, 4) is 0 Å². The van der Waals surface area contributed by atoms with Crippen LogP contribution >= 0.6 is 0 Å². The number of anilines is 1. The highest BCUT2D eigenvalue weighted by Gasteiger charge is 2.26. The van der Waals surface area contributed by atoms with E-state index in [0.717, 1.165) is 26.2 Å². The second-order valence-corrected chi connectivity index (χ2v) is 7.32. The molecule has 2 aromatic carbocycles. The Morgan fingerprint density at radius 1 is 1.07 bits per heavy atom. The minimum Gasteiger partial charge on any atom is -0.461 e. The minimum atomic E-state index is -0.465. The van der Waals surface area contributed by atoms with Crippen molar-refractivity contribution < 1.29 is 14.4 Å². The normalized spacial score (nSPS) is 14.9. The van der Waals surface area contributed by atoms with E-state index < -0.39 is 5.97 Å². The summed E-state index contributed by atoms with van der Waals surface area (Å²) in [6, 6.07) is 17.7. The second kappa shape index (κ2) is 8.49. The van der Waals surface area contributed by atoms with Gasteiger partial charge in [0, 0.05) is 16.6 Å². The van der Waals surface area contributed by atoms with Gasteiger partial charge in [-0.25, -0.2) is 4.79 Å². The summed E-state index contributed by atoms with van der Waals surface area (Å²) in [7, 11) is 0. The summed E-state index contributed by atoms with van der Waals surface area (Å²) >= 11 is 0. The fourth-order valence-electron chi connectivity index (χ4n) is 3.97. The molecule has 0 unspecified atom stereocenters. The van der Waals surface area contributed by atoms with Gasteiger partial charge in [0.25, 0.3) is 0 Å². The molecule has 1 saturated heterocycles. The number of fused-ring (bicyclic) bond motifs is 1. The molecule has 1 aliphatic rings. The number of nitrogens with one attached hydrogen (secondary N) is 2. The third-order valence-electron chi connectivity index (χ3n) is 5.51. The van der Waals surface area contributed by atoms with Crippen molar-refractivity contribution in [2.24, 2.45) is 0 Å². The molecule has 6 heteroatoms. The maximum Gasteiger partial charge on any atom is 0.355 e. The number of carbonyl (C=O) groups excluding carboxylic acids is 1. The number of nitrogens with zero attached hydrogens (tertiary/aromatic N) is 1. The van der Waals surface area contributed by atoms with Gasteiger partial charge in [0.15, 0.2) is 5.43 Å². The first-order chi connectivity index (χ1) is 14.2. The summed E-state index contributed by atoms with van der Waals surface area (Å²) in [6.45, 7) is 6.20. The van der Waals surface area contributed by atoms with E-state index >= 15 is 0 Å². The highest BCUT2D eigenvalue weighted by Crippen LogP contribution is 2.14. The number of hydrogen-bond donors (Lipinski definition) is 2. The Morgan fingerprint density at radius 2 is 1.76 bits per heavy atom. The molecule has 4 rings (SSSR count). The number of ether oxygens (including phenoxy) is 1. The molecule has 150 valence electrons. The summed E-state index contributed by atoms with van der Waals surface area (Å²) in [4.78, 5) is 32.5. The summed E-state index contributed by atoms with van der Waals surface area (Å²) < 4.78 is 5.21. The number of aromatic nitrogens is 1. The molecule has 1 fully saturated rings. The minimum absolute atomic E-state index is 0.0830. The molecule has 0 spiro atoms.